The fourth-order valence-corrected chi connectivity index (χ4v) is 5.97. The summed E-state index contributed by atoms with van der Waals surface area (Å²) in [6.07, 6.45) is 6.42. The van der Waals surface area contributed by atoms with Crippen LogP contribution in [0.2, 0.25) is 10.0 Å². The van der Waals surface area contributed by atoms with Crippen molar-refractivity contribution in [3.8, 4) is 0 Å². The monoisotopic (exact) mass is 515 g/mol. The molecule has 2 N–H and O–H groups in total. The molecule has 1 amide bonds. The van der Waals surface area contributed by atoms with Gasteiger partial charge in [0.1, 0.15) is 0 Å². The van der Waals surface area contributed by atoms with Gasteiger partial charge in [0, 0.05) is 57.4 Å². The van der Waals surface area contributed by atoms with Crippen molar-refractivity contribution in [1.82, 2.24) is 20.4 Å². The van der Waals surface area contributed by atoms with Crippen molar-refractivity contribution in [2.24, 2.45) is 0 Å². The lowest BCUT2D eigenvalue weighted by Crippen LogP contribution is -2.42. The predicted molar refractivity (Wildman–Crippen MR) is 146 cm³/mol. The van der Waals surface area contributed by atoms with E-state index < -0.39 is 0 Å². The van der Waals surface area contributed by atoms with Gasteiger partial charge in [0.05, 0.1) is 11.7 Å². The van der Waals surface area contributed by atoms with E-state index in [1.165, 1.54) is 12.8 Å². The first-order valence-electron chi connectivity index (χ1n) is 12.3. The van der Waals surface area contributed by atoms with Gasteiger partial charge >= 0.3 is 0 Å². The van der Waals surface area contributed by atoms with Crippen molar-refractivity contribution >= 4 is 45.7 Å². The average Bonchev–Trinajstić information content (AvgIpc) is 3.32. The van der Waals surface area contributed by atoms with Crippen molar-refractivity contribution in [2.45, 2.75) is 65.1 Å². The number of hydrogen-bond donors (Lipinski definition) is 2. The SMILES string of the molecule is CCN(c1cc(Cl)cc(C(=O)NCc2c(Cl)cc(C)c3cn[nH]c23)c1C)C1CCC(N(C)C)CC1. The number of anilines is 1. The van der Waals surface area contributed by atoms with Gasteiger partial charge in [-0.05, 0) is 89.9 Å². The van der Waals surface area contributed by atoms with Gasteiger partial charge in [-0.15, -0.1) is 0 Å². The molecule has 188 valence electrons. The third-order valence-electron chi connectivity index (χ3n) is 7.50. The molecule has 1 aliphatic carbocycles. The number of H-pyrrole nitrogens is 1. The Morgan fingerprint density at radius 1 is 1.11 bits per heavy atom. The third kappa shape index (κ3) is 5.30. The predicted octanol–water partition coefficient (Wildman–Crippen LogP) is 6.12. The Labute approximate surface area is 218 Å². The molecule has 1 aromatic heterocycles. The summed E-state index contributed by atoms with van der Waals surface area (Å²) < 4.78 is 0. The second-order valence-corrected chi connectivity index (χ2v) is 10.6. The fourth-order valence-electron chi connectivity index (χ4n) is 5.44. The molecule has 0 spiro atoms. The largest absolute Gasteiger partial charge is 0.369 e. The molecule has 0 aliphatic heterocycles. The first-order chi connectivity index (χ1) is 16.7. The number of amides is 1. The Kier molecular flexibility index (Phi) is 7.94. The molecule has 0 unspecified atom stereocenters. The van der Waals surface area contributed by atoms with Crippen LogP contribution in [0.25, 0.3) is 10.9 Å². The third-order valence-corrected chi connectivity index (χ3v) is 8.06. The van der Waals surface area contributed by atoms with Crippen LogP contribution < -0.4 is 10.2 Å². The molecule has 4 rings (SSSR count). The minimum atomic E-state index is -0.164. The number of aromatic nitrogens is 2. The zero-order valence-electron chi connectivity index (χ0n) is 21.2. The summed E-state index contributed by atoms with van der Waals surface area (Å²) in [6.45, 7) is 7.35. The Morgan fingerprint density at radius 2 is 1.80 bits per heavy atom. The Hall–Kier alpha value is -2.28. The smallest absolute Gasteiger partial charge is 0.251 e. The molecule has 35 heavy (non-hydrogen) atoms. The lowest BCUT2D eigenvalue weighted by Gasteiger charge is -2.40. The number of aryl methyl sites for hydroxylation is 1. The van der Waals surface area contributed by atoms with Crippen LogP contribution in [-0.4, -0.2) is 53.7 Å². The fraction of sp³-hybridized carbons (Fsp3) is 0.481. The number of fused-ring (bicyclic) bond motifs is 1. The van der Waals surface area contributed by atoms with E-state index in [0.717, 1.165) is 52.7 Å². The van der Waals surface area contributed by atoms with Gasteiger partial charge < -0.3 is 15.1 Å². The zero-order chi connectivity index (χ0) is 25.3. The molecule has 8 heteroatoms. The number of carbonyl (C=O) groups excluding carboxylic acids is 1. The number of nitrogens with zero attached hydrogens (tertiary/aromatic N) is 3. The van der Waals surface area contributed by atoms with Gasteiger partial charge in [-0.1, -0.05) is 23.2 Å². The van der Waals surface area contributed by atoms with Crippen LogP contribution in [0.1, 0.15) is 59.7 Å². The average molecular weight is 517 g/mol. The summed E-state index contributed by atoms with van der Waals surface area (Å²) in [7, 11) is 4.32. The molecule has 1 saturated carbocycles. The second kappa shape index (κ2) is 10.8. The van der Waals surface area contributed by atoms with Crippen LogP contribution in [0.3, 0.4) is 0 Å². The molecule has 0 saturated heterocycles. The van der Waals surface area contributed by atoms with E-state index in [1.54, 1.807) is 12.3 Å². The van der Waals surface area contributed by atoms with Crippen LogP contribution in [0.4, 0.5) is 5.69 Å². The maximum atomic E-state index is 13.3. The van der Waals surface area contributed by atoms with Crippen LogP contribution in [-0.2, 0) is 6.54 Å². The maximum Gasteiger partial charge on any atom is 0.251 e. The van der Waals surface area contributed by atoms with Crippen molar-refractivity contribution in [3.05, 3.63) is 56.7 Å². The van der Waals surface area contributed by atoms with Gasteiger partial charge in [-0.25, -0.2) is 0 Å². The van der Waals surface area contributed by atoms with Crippen LogP contribution in [0, 0.1) is 13.8 Å². The van der Waals surface area contributed by atoms with Gasteiger partial charge in [-0.2, -0.15) is 5.10 Å². The summed E-state index contributed by atoms with van der Waals surface area (Å²) in [5.41, 5.74) is 5.31. The molecule has 2 aromatic carbocycles. The molecule has 0 atom stereocenters. The minimum Gasteiger partial charge on any atom is -0.369 e. The lowest BCUT2D eigenvalue weighted by molar-refractivity contribution is 0.0950. The zero-order valence-corrected chi connectivity index (χ0v) is 22.7. The number of benzene rings is 2. The van der Waals surface area contributed by atoms with Crippen molar-refractivity contribution in [2.75, 3.05) is 25.5 Å². The molecule has 0 bridgehead atoms. The molecule has 1 heterocycles. The normalized spacial score (nSPS) is 18.3. The number of halogens is 2. The van der Waals surface area contributed by atoms with Gasteiger partial charge in [-0.3, -0.25) is 9.89 Å². The quantitative estimate of drug-likeness (QED) is 0.398. The van der Waals surface area contributed by atoms with Gasteiger partial charge in [0.25, 0.3) is 5.91 Å². The molecular formula is C27H35Cl2N5O. The van der Waals surface area contributed by atoms with Crippen molar-refractivity contribution < 1.29 is 4.79 Å². The molecule has 3 aromatic rings. The Morgan fingerprint density at radius 3 is 2.46 bits per heavy atom. The van der Waals surface area contributed by atoms with Crippen LogP contribution in [0.5, 0.6) is 0 Å². The summed E-state index contributed by atoms with van der Waals surface area (Å²) in [6, 6.07) is 6.76. The summed E-state index contributed by atoms with van der Waals surface area (Å²) in [5.74, 6) is -0.164. The van der Waals surface area contributed by atoms with E-state index in [2.05, 4.69) is 46.3 Å². The highest BCUT2D eigenvalue weighted by molar-refractivity contribution is 6.32. The van der Waals surface area contributed by atoms with E-state index >= 15 is 0 Å². The van der Waals surface area contributed by atoms with Crippen molar-refractivity contribution in [3.63, 3.8) is 0 Å². The Bertz CT molecular complexity index is 1210. The number of nitrogens with one attached hydrogen (secondary N) is 2. The summed E-state index contributed by atoms with van der Waals surface area (Å²) >= 11 is 13.1. The highest BCUT2D eigenvalue weighted by Gasteiger charge is 2.28. The van der Waals surface area contributed by atoms with E-state index in [-0.39, 0.29) is 5.91 Å². The highest BCUT2D eigenvalue weighted by Crippen LogP contribution is 2.34. The molecule has 1 fully saturated rings. The molecular weight excluding hydrogens is 481 g/mol. The van der Waals surface area contributed by atoms with E-state index in [1.807, 2.05) is 26.0 Å². The standard InChI is InChI=1S/C27H35Cl2N5O/c1-6-34(20-9-7-19(8-10-20)33(4)5)25-13-18(28)12-21(17(25)3)27(35)30-14-23-24(29)11-16(2)22-15-31-32-26(22)23/h11-13,15,19-20H,6-10,14H2,1-5H3,(H,30,35)(H,31,32). The number of aromatic amines is 1. The molecule has 0 radical (unpaired) electrons. The highest BCUT2D eigenvalue weighted by atomic mass is 35.5. The van der Waals surface area contributed by atoms with E-state index in [0.29, 0.717) is 34.2 Å². The van der Waals surface area contributed by atoms with Crippen molar-refractivity contribution in [1.29, 1.82) is 0 Å². The molecule has 6 nitrogen and oxygen atoms in total. The summed E-state index contributed by atoms with van der Waals surface area (Å²) in [4.78, 5) is 18.1. The minimum absolute atomic E-state index is 0.164. The molecule has 1 aliphatic rings. The van der Waals surface area contributed by atoms with Crippen LogP contribution in [0.15, 0.2) is 24.4 Å². The van der Waals surface area contributed by atoms with Gasteiger partial charge in [0.15, 0.2) is 0 Å². The van der Waals surface area contributed by atoms with E-state index in [4.69, 9.17) is 23.2 Å². The summed E-state index contributed by atoms with van der Waals surface area (Å²) in [5, 5.41) is 12.4. The topological polar surface area (TPSA) is 64.3 Å². The number of hydrogen-bond acceptors (Lipinski definition) is 4. The Balaban J connectivity index is 1.56. The van der Waals surface area contributed by atoms with Gasteiger partial charge in [0.2, 0.25) is 0 Å². The maximum absolute atomic E-state index is 13.3. The van der Waals surface area contributed by atoms with E-state index in [9.17, 15) is 4.79 Å². The first-order valence-corrected chi connectivity index (χ1v) is 13.1. The number of rotatable bonds is 7. The van der Waals surface area contributed by atoms with Crippen LogP contribution >= 0.6 is 23.2 Å². The first kappa shape index (κ1) is 25.8. The second-order valence-electron chi connectivity index (χ2n) is 9.80. The number of carbonyl (C=O) groups is 1. The lowest BCUT2D eigenvalue weighted by atomic mass is 9.89.